The molecule has 17 heavy (non-hydrogen) atoms. The zero-order chi connectivity index (χ0) is 12.6. The first-order valence-electron chi connectivity index (χ1n) is 5.73. The lowest BCUT2D eigenvalue weighted by molar-refractivity contribution is -0.116. The van der Waals surface area contributed by atoms with E-state index < -0.39 is 0 Å². The van der Waals surface area contributed by atoms with Crippen molar-refractivity contribution < 1.29 is 4.79 Å². The van der Waals surface area contributed by atoms with Crippen molar-refractivity contribution in [3.8, 4) is 0 Å². The van der Waals surface area contributed by atoms with Crippen LogP contribution in [0.3, 0.4) is 0 Å². The van der Waals surface area contributed by atoms with E-state index >= 15 is 0 Å². The molecule has 90 valence electrons. The zero-order valence-corrected chi connectivity index (χ0v) is 12.0. The predicted molar refractivity (Wildman–Crippen MR) is 74.4 cm³/mol. The van der Waals surface area contributed by atoms with Crippen LogP contribution >= 0.6 is 15.9 Å². The van der Waals surface area contributed by atoms with Crippen molar-refractivity contribution in [3.63, 3.8) is 0 Å². The fraction of sp³-hybridized carbons (Fsp3) is 0.357. The van der Waals surface area contributed by atoms with Gasteiger partial charge < -0.3 is 9.36 Å². The number of ketones is 1. The summed E-state index contributed by atoms with van der Waals surface area (Å²) in [7, 11) is 2.07. The van der Waals surface area contributed by atoms with Crippen molar-refractivity contribution >= 4 is 32.6 Å². The molecule has 2 nitrogen and oxygen atoms in total. The van der Waals surface area contributed by atoms with E-state index in [1.54, 1.807) is 6.92 Å². The third-order valence-electron chi connectivity index (χ3n) is 3.31. The van der Waals surface area contributed by atoms with E-state index in [-0.39, 0.29) is 5.78 Å². The number of fused-ring (bicyclic) bond motifs is 1. The number of carbonyl (C=O) groups is 1. The average Bonchev–Trinajstić information content (AvgIpc) is 2.49. The molecular weight excluding hydrogens is 278 g/mol. The Balaban J connectivity index is 2.56. The van der Waals surface area contributed by atoms with E-state index in [1.165, 1.54) is 22.2 Å². The van der Waals surface area contributed by atoms with E-state index in [0.29, 0.717) is 6.42 Å². The van der Waals surface area contributed by atoms with Crippen LogP contribution in [-0.2, 0) is 18.3 Å². The summed E-state index contributed by atoms with van der Waals surface area (Å²) in [6.45, 7) is 3.76. The third kappa shape index (κ3) is 2.29. The Bertz CT molecular complexity index is 583. The summed E-state index contributed by atoms with van der Waals surface area (Å²) in [6.07, 6.45) is 1.45. The zero-order valence-electron chi connectivity index (χ0n) is 10.4. The highest BCUT2D eigenvalue weighted by molar-refractivity contribution is 9.10. The number of hydrogen-bond donors (Lipinski definition) is 0. The third-order valence-corrected chi connectivity index (χ3v) is 3.81. The van der Waals surface area contributed by atoms with E-state index in [9.17, 15) is 4.79 Å². The molecule has 0 aliphatic heterocycles. The minimum atomic E-state index is 0.247. The Morgan fingerprint density at radius 1 is 1.41 bits per heavy atom. The van der Waals surface area contributed by atoms with Crippen LogP contribution in [0.4, 0.5) is 0 Å². The maximum atomic E-state index is 11.1. The molecule has 0 bridgehead atoms. The highest BCUT2D eigenvalue weighted by atomic mass is 79.9. The molecule has 0 unspecified atom stereocenters. The molecule has 2 rings (SSSR count). The average molecular weight is 294 g/mol. The van der Waals surface area contributed by atoms with Gasteiger partial charge in [0.05, 0.1) is 0 Å². The summed E-state index contributed by atoms with van der Waals surface area (Å²) in [6, 6.07) is 6.30. The smallest absolute Gasteiger partial charge is 0.130 e. The SMILES string of the molecule is CC(=O)CCc1c(C)n(C)c2ccc(Br)cc12. The van der Waals surface area contributed by atoms with E-state index in [2.05, 4.69) is 52.7 Å². The number of halogens is 1. The van der Waals surface area contributed by atoms with Crippen LogP contribution in [0.1, 0.15) is 24.6 Å². The van der Waals surface area contributed by atoms with Crippen molar-refractivity contribution in [1.29, 1.82) is 0 Å². The summed E-state index contributed by atoms with van der Waals surface area (Å²) in [5.74, 6) is 0.247. The van der Waals surface area contributed by atoms with E-state index in [4.69, 9.17) is 0 Å². The van der Waals surface area contributed by atoms with Crippen LogP contribution in [0.5, 0.6) is 0 Å². The molecule has 1 aromatic heterocycles. The van der Waals surface area contributed by atoms with Gasteiger partial charge in [0.1, 0.15) is 5.78 Å². The normalized spacial score (nSPS) is 11.1. The van der Waals surface area contributed by atoms with Crippen molar-refractivity contribution in [2.75, 3.05) is 0 Å². The highest BCUT2D eigenvalue weighted by Gasteiger charge is 2.12. The molecule has 1 aromatic carbocycles. The summed E-state index contributed by atoms with van der Waals surface area (Å²) in [4.78, 5) is 11.1. The number of aryl methyl sites for hydroxylation is 2. The second kappa shape index (κ2) is 4.65. The lowest BCUT2D eigenvalue weighted by atomic mass is 10.0. The number of Topliss-reactive ketones (excluding diaryl/α,β-unsaturated/α-hetero) is 1. The topological polar surface area (TPSA) is 22.0 Å². The molecule has 0 aliphatic carbocycles. The van der Waals surface area contributed by atoms with Crippen molar-refractivity contribution in [2.45, 2.75) is 26.7 Å². The number of aromatic nitrogens is 1. The van der Waals surface area contributed by atoms with Gasteiger partial charge in [-0.05, 0) is 44.0 Å². The van der Waals surface area contributed by atoms with E-state index in [0.717, 1.165) is 10.9 Å². The molecule has 0 spiro atoms. The Morgan fingerprint density at radius 2 is 2.12 bits per heavy atom. The molecule has 0 radical (unpaired) electrons. The van der Waals surface area contributed by atoms with Crippen LogP contribution in [-0.4, -0.2) is 10.4 Å². The summed E-state index contributed by atoms with van der Waals surface area (Å²) >= 11 is 3.50. The molecule has 0 amide bonds. The minimum Gasteiger partial charge on any atom is -0.348 e. The Morgan fingerprint density at radius 3 is 2.76 bits per heavy atom. The summed E-state index contributed by atoms with van der Waals surface area (Å²) in [5, 5.41) is 1.25. The molecule has 3 heteroatoms. The second-order valence-electron chi connectivity index (χ2n) is 4.49. The fourth-order valence-electron chi connectivity index (χ4n) is 2.24. The van der Waals surface area contributed by atoms with Gasteiger partial charge in [0, 0.05) is 34.5 Å². The Hall–Kier alpha value is -1.09. The molecule has 1 heterocycles. The van der Waals surface area contributed by atoms with Gasteiger partial charge >= 0.3 is 0 Å². The standard InChI is InChI=1S/C14H16BrNO/c1-9(17)4-6-12-10(2)16(3)14-7-5-11(15)8-13(12)14/h5,7-8H,4,6H2,1-3H3. The maximum absolute atomic E-state index is 11.1. The summed E-state index contributed by atoms with van der Waals surface area (Å²) in [5.41, 5.74) is 3.77. The molecule has 0 N–H and O–H groups in total. The highest BCUT2D eigenvalue weighted by Crippen LogP contribution is 2.28. The number of carbonyl (C=O) groups excluding carboxylic acids is 1. The van der Waals surface area contributed by atoms with Gasteiger partial charge in [-0.2, -0.15) is 0 Å². The van der Waals surface area contributed by atoms with Gasteiger partial charge in [-0.3, -0.25) is 0 Å². The van der Waals surface area contributed by atoms with Gasteiger partial charge in [-0.25, -0.2) is 0 Å². The van der Waals surface area contributed by atoms with Gasteiger partial charge in [0.25, 0.3) is 0 Å². The lowest BCUT2D eigenvalue weighted by Crippen LogP contribution is -1.96. The number of nitrogens with zero attached hydrogens (tertiary/aromatic N) is 1. The van der Waals surface area contributed by atoms with Gasteiger partial charge in [0.2, 0.25) is 0 Å². The molecule has 2 aromatic rings. The number of rotatable bonds is 3. The number of hydrogen-bond acceptors (Lipinski definition) is 1. The molecule has 0 atom stereocenters. The van der Waals surface area contributed by atoms with Gasteiger partial charge in [-0.1, -0.05) is 15.9 Å². The molecule has 0 saturated carbocycles. The lowest BCUT2D eigenvalue weighted by Gasteiger charge is -2.00. The van der Waals surface area contributed by atoms with E-state index in [1.807, 2.05) is 0 Å². The first-order valence-corrected chi connectivity index (χ1v) is 6.53. The molecule has 0 aliphatic rings. The summed E-state index contributed by atoms with van der Waals surface area (Å²) < 4.78 is 3.27. The van der Waals surface area contributed by atoms with Crippen LogP contribution in [0.15, 0.2) is 22.7 Å². The Labute approximate surface area is 110 Å². The molecule has 0 fully saturated rings. The van der Waals surface area contributed by atoms with Crippen LogP contribution in [0.2, 0.25) is 0 Å². The predicted octanol–water partition coefficient (Wildman–Crippen LogP) is 3.77. The first kappa shape index (κ1) is 12.4. The van der Waals surface area contributed by atoms with Crippen LogP contribution in [0, 0.1) is 6.92 Å². The monoisotopic (exact) mass is 293 g/mol. The van der Waals surface area contributed by atoms with Crippen LogP contribution in [0.25, 0.3) is 10.9 Å². The molecule has 0 saturated heterocycles. The Kier molecular flexibility index (Phi) is 3.38. The van der Waals surface area contributed by atoms with Gasteiger partial charge in [-0.15, -0.1) is 0 Å². The first-order chi connectivity index (χ1) is 8.00. The fourth-order valence-corrected chi connectivity index (χ4v) is 2.60. The van der Waals surface area contributed by atoms with Crippen molar-refractivity contribution in [3.05, 3.63) is 33.9 Å². The second-order valence-corrected chi connectivity index (χ2v) is 5.40. The van der Waals surface area contributed by atoms with Crippen molar-refractivity contribution in [1.82, 2.24) is 4.57 Å². The maximum Gasteiger partial charge on any atom is 0.130 e. The number of benzene rings is 1. The quantitative estimate of drug-likeness (QED) is 0.844. The molecular formula is C14H16BrNO. The van der Waals surface area contributed by atoms with Crippen molar-refractivity contribution in [2.24, 2.45) is 7.05 Å². The van der Waals surface area contributed by atoms with Gasteiger partial charge in [0.15, 0.2) is 0 Å². The van der Waals surface area contributed by atoms with Crippen LogP contribution < -0.4 is 0 Å². The largest absolute Gasteiger partial charge is 0.348 e. The minimum absolute atomic E-state index is 0.247.